The number of ether oxygens (including phenoxy) is 1. The van der Waals surface area contributed by atoms with Crippen molar-refractivity contribution in [1.29, 1.82) is 0 Å². The lowest BCUT2D eigenvalue weighted by atomic mass is 9.78. The van der Waals surface area contributed by atoms with Gasteiger partial charge in [-0.15, -0.1) is 0 Å². The van der Waals surface area contributed by atoms with Crippen LogP contribution in [-0.2, 0) is 11.2 Å². The molecule has 2 aliphatic heterocycles. The highest BCUT2D eigenvalue weighted by molar-refractivity contribution is 5.76. The van der Waals surface area contributed by atoms with Crippen molar-refractivity contribution in [2.45, 2.75) is 37.6 Å². The number of aliphatic hydroxyl groups is 1. The number of likely N-dealkylation sites (tertiary alicyclic amines) is 1. The molecule has 154 valence electrons. The summed E-state index contributed by atoms with van der Waals surface area (Å²) in [5.41, 5.74) is 2.09. The van der Waals surface area contributed by atoms with Crippen LogP contribution in [-0.4, -0.2) is 47.3 Å². The first-order chi connectivity index (χ1) is 14.1. The van der Waals surface area contributed by atoms with Gasteiger partial charge in [-0.3, -0.25) is 9.59 Å². The second kappa shape index (κ2) is 8.41. The molecule has 6 nitrogen and oxygen atoms in total. The number of aromatic nitrogens is 1. The van der Waals surface area contributed by atoms with Gasteiger partial charge in [0.1, 0.15) is 5.75 Å². The molecule has 0 spiro atoms. The van der Waals surface area contributed by atoms with Crippen LogP contribution in [0.3, 0.4) is 0 Å². The van der Waals surface area contributed by atoms with Crippen molar-refractivity contribution in [3.05, 3.63) is 64.1 Å². The molecule has 1 fully saturated rings. The normalized spacial score (nSPS) is 22.8. The highest BCUT2D eigenvalue weighted by Crippen LogP contribution is 2.40. The van der Waals surface area contributed by atoms with Gasteiger partial charge in [0.15, 0.2) is 0 Å². The summed E-state index contributed by atoms with van der Waals surface area (Å²) in [5, 5.41) is 9.93. The molecule has 2 aromatic rings. The van der Waals surface area contributed by atoms with E-state index in [-0.39, 0.29) is 36.0 Å². The number of hydrogen-bond donors (Lipinski definition) is 1. The van der Waals surface area contributed by atoms with Gasteiger partial charge in [0.25, 0.3) is 5.56 Å². The lowest BCUT2D eigenvalue weighted by Gasteiger charge is -2.46. The third kappa shape index (κ3) is 3.94. The molecule has 6 heteroatoms. The van der Waals surface area contributed by atoms with E-state index < -0.39 is 0 Å². The molecule has 2 bridgehead atoms. The van der Waals surface area contributed by atoms with Crippen LogP contribution in [0.1, 0.15) is 42.5 Å². The molecular weight excluding hydrogens is 368 g/mol. The minimum absolute atomic E-state index is 0.0597. The van der Waals surface area contributed by atoms with E-state index in [2.05, 4.69) is 0 Å². The van der Waals surface area contributed by atoms with Crippen molar-refractivity contribution in [3.8, 4) is 5.75 Å². The molecule has 1 saturated heterocycles. The Bertz CT molecular complexity index is 921. The molecular formula is C23H28N2O4. The first-order valence-electron chi connectivity index (χ1n) is 10.3. The lowest BCUT2D eigenvalue weighted by Crippen LogP contribution is -2.51. The standard InChI is InChI=1S/C23H28N2O4/c1-29-19-10-8-16(9-11-19)4-2-6-22(27)24-13-17-12-18(14-24)21(15-26)25-20(17)5-3-7-23(25)28/h3,5,7-11,17-18,21,26H,2,4,6,12-15H2,1H3/t17-,18+,21+/m1/s1. The highest BCUT2D eigenvalue weighted by atomic mass is 16.5. The fourth-order valence-corrected chi connectivity index (χ4v) is 4.87. The second-order valence-electron chi connectivity index (χ2n) is 8.10. The van der Waals surface area contributed by atoms with Crippen molar-refractivity contribution in [3.63, 3.8) is 0 Å². The van der Waals surface area contributed by atoms with Crippen molar-refractivity contribution < 1.29 is 14.6 Å². The zero-order chi connectivity index (χ0) is 20.4. The Morgan fingerprint density at radius 1 is 1.17 bits per heavy atom. The van der Waals surface area contributed by atoms with Crippen molar-refractivity contribution in [2.24, 2.45) is 5.92 Å². The Morgan fingerprint density at radius 2 is 1.97 bits per heavy atom. The number of pyridine rings is 1. The number of aliphatic hydroxyl groups excluding tert-OH is 1. The minimum Gasteiger partial charge on any atom is -0.497 e. The number of nitrogens with zero attached hydrogens (tertiary/aromatic N) is 2. The van der Waals surface area contributed by atoms with Gasteiger partial charge in [0.2, 0.25) is 5.91 Å². The van der Waals surface area contributed by atoms with Crippen LogP contribution in [0.4, 0.5) is 0 Å². The number of carbonyl (C=O) groups excluding carboxylic acids is 1. The number of methoxy groups -OCH3 is 1. The molecule has 2 aliphatic rings. The van der Waals surface area contributed by atoms with Gasteiger partial charge >= 0.3 is 0 Å². The molecule has 0 saturated carbocycles. The Hall–Kier alpha value is -2.60. The molecule has 1 aromatic carbocycles. The number of hydrogen-bond acceptors (Lipinski definition) is 4. The van der Waals surface area contributed by atoms with E-state index in [1.54, 1.807) is 23.8 Å². The Labute approximate surface area is 170 Å². The first-order valence-corrected chi connectivity index (χ1v) is 10.3. The molecule has 1 N–H and O–H groups in total. The largest absolute Gasteiger partial charge is 0.497 e. The first kappa shape index (κ1) is 19.7. The fourth-order valence-electron chi connectivity index (χ4n) is 4.87. The zero-order valence-corrected chi connectivity index (χ0v) is 16.8. The quantitative estimate of drug-likeness (QED) is 0.814. The van der Waals surface area contributed by atoms with E-state index >= 15 is 0 Å². The molecule has 3 atom stereocenters. The predicted octanol–water partition coefficient (Wildman–Crippen LogP) is 2.36. The fraction of sp³-hybridized carbons (Fsp3) is 0.478. The van der Waals surface area contributed by atoms with E-state index in [0.29, 0.717) is 19.5 Å². The maximum atomic E-state index is 12.9. The van der Waals surface area contributed by atoms with E-state index in [1.807, 2.05) is 35.2 Å². The number of benzene rings is 1. The van der Waals surface area contributed by atoms with E-state index in [0.717, 1.165) is 30.7 Å². The Balaban J connectivity index is 1.40. The smallest absolute Gasteiger partial charge is 0.251 e. The maximum Gasteiger partial charge on any atom is 0.251 e. The van der Waals surface area contributed by atoms with E-state index in [9.17, 15) is 14.7 Å². The highest BCUT2D eigenvalue weighted by Gasteiger charge is 2.41. The molecule has 4 rings (SSSR count). The number of carbonyl (C=O) groups is 1. The maximum absolute atomic E-state index is 12.9. The summed E-state index contributed by atoms with van der Waals surface area (Å²) in [6.45, 7) is 1.19. The Morgan fingerprint density at radius 3 is 2.69 bits per heavy atom. The van der Waals surface area contributed by atoms with Crippen LogP contribution in [0.15, 0.2) is 47.3 Å². The monoisotopic (exact) mass is 396 g/mol. The number of amides is 1. The molecule has 29 heavy (non-hydrogen) atoms. The van der Waals surface area contributed by atoms with Crippen molar-refractivity contribution in [2.75, 3.05) is 26.8 Å². The summed E-state index contributed by atoms with van der Waals surface area (Å²) in [7, 11) is 1.65. The van der Waals surface area contributed by atoms with Gasteiger partial charge in [-0.2, -0.15) is 0 Å². The molecule has 0 unspecified atom stereocenters. The van der Waals surface area contributed by atoms with Crippen LogP contribution in [0.25, 0.3) is 0 Å². The summed E-state index contributed by atoms with van der Waals surface area (Å²) >= 11 is 0. The van der Waals surface area contributed by atoms with Gasteiger partial charge < -0.3 is 19.3 Å². The topological polar surface area (TPSA) is 71.8 Å². The van der Waals surface area contributed by atoms with Gasteiger partial charge in [-0.1, -0.05) is 18.2 Å². The average molecular weight is 396 g/mol. The number of piperidine rings is 1. The number of fused-ring (bicyclic) bond motifs is 4. The van der Waals surface area contributed by atoms with Crippen molar-refractivity contribution >= 4 is 5.91 Å². The summed E-state index contributed by atoms with van der Waals surface area (Å²) in [6, 6.07) is 13.0. The van der Waals surface area contributed by atoms with Crippen molar-refractivity contribution in [1.82, 2.24) is 9.47 Å². The molecule has 0 radical (unpaired) electrons. The van der Waals surface area contributed by atoms with Crippen LogP contribution < -0.4 is 10.3 Å². The van der Waals surface area contributed by atoms with Gasteiger partial charge in [0.05, 0.1) is 19.8 Å². The van der Waals surface area contributed by atoms with Crippen LogP contribution in [0, 0.1) is 5.92 Å². The Kier molecular flexibility index (Phi) is 5.72. The van der Waals surface area contributed by atoms with Gasteiger partial charge in [0, 0.05) is 43.1 Å². The lowest BCUT2D eigenvalue weighted by molar-refractivity contribution is -0.134. The second-order valence-corrected chi connectivity index (χ2v) is 8.10. The van der Waals surface area contributed by atoms with Gasteiger partial charge in [-0.05, 0) is 43.0 Å². The third-order valence-corrected chi connectivity index (χ3v) is 6.35. The SMILES string of the molecule is COc1ccc(CCCC(=O)N2C[C@H]3C[C@@H](C2)[C@H](CO)n2c3cccc2=O)cc1. The summed E-state index contributed by atoms with van der Waals surface area (Å²) < 4.78 is 6.93. The van der Waals surface area contributed by atoms with Gasteiger partial charge in [-0.25, -0.2) is 0 Å². The number of rotatable bonds is 6. The zero-order valence-electron chi connectivity index (χ0n) is 16.8. The minimum atomic E-state index is -0.246. The molecule has 3 heterocycles. The predicted molar refractivity (Wildman–Crippen MR) is 110 cm³/mol. The third-order valence-electron chi connectivity index (χ3n) is 6.35. The summed E-state index contributed by atoms with van der Waals surface area (Å²) in [5.74, 6) is 1.28. The van der Waals surface area contributed by atoms with Crippen LogP contribution in [0.2, 0.25) is 0 Å². The van der Waals surface area contributed by atoms with Crippen LogP contribution in [0.5, 0.6) is 5.75 Å². The number of aryl methyl sites for hydroxylation is 1. The average Bonchev–Trinajstić information content (AvgIpc) is 2.75. The van der Waals surface area contributed by atoms with E-state index in [1.165, 1.54) is 5.56 Å². The van der Waals surface area contributed by atoms with E-state index in [4.69, 9.17) is 4.74 Å². The molecule has 1 aromatic heterocycles. The molecule has 0 aliphatic carbocycles. The molecule has 1 amide bonds. The van der Waals surface area contributed by atoms with Crippen LogP contribution >= 0.6 is 0 Å². The summed E-state index contributed by atoms with van der Waals surface area (Å²) in [6.07, 6.45) is 3.09. The summed E-state index contributed by atoms with van der Waals surface area (Å²) in [4.78, 5) is 27.2.